The predicted molar refractivity (Wildman–Crippen MR) is 78.3 cm³/mol. The van der Waals surface area contributed by atoms with Gasteiger partial charge in [-0.05, 0) is 25.5 Å². The van der Waals surface area contributed by atoms with Gasteiger partial charge in [-0.25, -0.2) is 0 Å². The first-order chi connectivity index (χ1) is 9.31. The molecular weight excluding hydrogens is 238 g/mol. The summed E-state index contributed by atoms with van der Waals surface area (Å²) in [5.74, 6) is 0.965. The highest BCUT2D eigenvalue weighted by Gasteiger charge is 2.10. The Morgan fingerprint density at radius 1 is 1.37 bits per heavy atom. The molecule has 1 N–H and O–H groups in total. The lowest BCUT2D eigenvalue weighted by Gasteiger charge is -2.11. The molecule has 1 unspecified atom stereocenters. The maximum absolute atomic E-state index is 5.81. The van der Waals surface area contributed by atoms with Crippen molar-refractivity contribution in [1.29, 1.82) is 0 Å². The summed E-state index contributed by atoms with van der Waals surface area (Å²) in [6.07, 6.45) is 2.77. The fourth-order valence-electron chi connectivity index (χ4n) is 1.93. The van der Waals surface area contributed by atoms with Crippen molar-refractivity contribution >= 4 is 11.0 Å². The molecule has 0 amide bonds. The van der Waals surface area contributed by atoms with E-state index in [1.807, 2.05) is 24.3 Å². The van der Waals surface area contributed by atoms with Gasteiger partial charge in [-0.2, -0.15) is 0 Å². The lowest BCUT2D eigenvalue weighted by Crippen LogP contribution is -2.23. The summed E-state index contributed by atoms with van der Waals surface area (Å²) in [6, 6.07) is 10.3. The van der Waals surface area contributed by atoms with Crippen molar-refractivity contribution in [3.8, 4) is 0 Å². The van der Waals surface area contributed by atoms with Crippen molar-refractivity contribution in [2.24, 2.45) is 0 Å². The van der Waals surface area contributed by atoms with Crippen LogP contribution in [0.3, 0.4) is 0 Å². The second-order valence-corrected chi connectivity index (χ2v) is 4.55. The summed E-state index contributed by atoms with van der Waals surface area (Å²) < 4.78 is 11.3. The Morgan fingerprint density at radius 2 is 2.21 bits per heavy atom. The Balaban J connectivity index is 1.79. The molecule has 1 heterocycles. The van der Waals surface area contributed by atoms with Crippen molar-refractivity contribution < 1.29 is 9.15 Å². The Morgan fingerprint density at radius 3 is 3.00 bits per heavy atom. The van der Waals surface area contributed by atoms with Crippen LogP contribution < -0.4 is 5.32 Å². The van der Waals surface area contributed by atoms with E-state index in [0.29, 0.717) is 6.61 Å². The van der Waals surface area contributed by atoms with Gasteiger partial charge < -0.3 is 14.5 Å². The van der Waals surface area contributed by atoms with Crippen LogP contribution >= 0.6 is 0 Å². The number of ether oxygens (including phenoxy) is 1. The van der Waals surface area contributed by atoms with Gasteiger partial charge in [0.05, 0.1) is 19.3 Å². The smallest absolute Gasteiger partial charge is 0.134 e. The summed E-state index contributed by atoms with van der Waals surface area (Å²) in [4.78, 5) is 0. The van der Waals surface area contributed by atoms with Crippen LogP contribution in [0.5, 0.6) is 0 Å². The van der Waals surface area contributed by atoms with Gasteiger partial charge in [0.1, 0.15) is 11.3 Å². The maximum atomic E-state index is 5.81. The largest absolute Gasteiger partial charge is 0.459 e. The molecule has 0 aliphatic rings. The molecule has 0 bridgehead atoms. The third-order valence-electron chi connectivity index (χ3n) is 3.03. The van der Waals surface area contributed by atoms with Crippen molar-refractivity contribution in [2.45, 2.75) is 19.4 Å². The quantitative estimate of drug-likeness (QED) is 0.580. The van der Waals surface area contributed by atoms with E-state index in [1.54, 1.807) is 0 Å². The highest BCUT2D eigenvalue weighted by molar-refractivity contribution is 5.77. The molecule has 0 spiro atoms. The molecule has 1 aromatic heterocycles. The summed E-state index contributed by atoms with van der Waals surface area (Å²) >= 11 is 0. The zero-order valence-electron chi connectivity index (χ0n) is 11.4. The molecule has 19 heavy (non-hydrogen) atoms. The molecule has 0 saturated heterocycles. The first-order valence-corrected chi connectivity index (χ1v) is 6.72. The molecule has 102 valence electrons. The number of hydrogen-bond donors (Lipinski definition) is 1. The first kappa shape index (κ1) is 13.8. The molecule has 0 aliphatic heterocycles. The van der Waals surface area contributed by atoms with E-state index in [1.165, 1.54) is 0 Å². The third kappa shape index (κ3) is 3.94. The SMILES string of the molecule is C=CCCOCCNC(C)c1cc2ccccc2o1. The third-order valence-corrected chi connectivity index (χ3v) is 3.03. The number of fused-ring (bicyclic) bond motifs is 1. The number of hydrogen-bond acceptors (Lipinski definition) is 3. The van der Waals surface area contributed by atoms with Gasteiger partial charge in [0.15, 0.2) is 0 Å². The number of nitrogens with one attached hydrogen (secondary N) is 1. The van der Waals surface area contributed by atoms with Gasteiger partial charge in [-0.1, -0.05) is 24.3 Å². The van der Waals surface area contributed by atoms with E-state index in [0.717, 1.165) is 36.3 Å². The lowest BCUT2D eigenvalue weighted by atomic mass is 10.2. The average Bonchev–Trinajstić information content (AvgIpc) is 2.86. The Kier molecular flexibility index (Phi) is 5.19. The molecule has 0 saturated carbocycles. The van der Waals surface area contributed by atoms with Crippen LogP contribution in [0.2, 0.25) is 0 Å². The Hall–Kier alpha value is -1.58. The molecule has 0 aliphatic carbocycles. The summed E-state index contributed by atoms with van der Waals surface area (Å²) in [6.45, 7) is 8.02. The minimum atomic E-state index is 0.190. The normalized spacial score (nSPS) is 12.7. The molecule has 1 atom stereocenters. The van der Waals surface area contributed by atoms with Gasteiger partial charge in [0, 0.05) is 11.9 Å². The van der Waals surface area contributed by atoms with Crippen molar-refractivity contribution in [2.75, 3.05) is 19.8 Å². The Bertz CT molecular complexity index is 485. The number of furan rings is 1. The van der Waals surface area contributed by atoms with Crippen LogP contribution in [0, 0.1) is 0 Å². The van der Waals surface area contributed by atoms with Gasteiger partial charge >= 0.3 is 0 Å². The minimum Gasteiger partial charge on any atom is -0.459 e. The fraction of sp³-hybridized carbons (Fsp3) is 0.375. The van der Waals surface area contributed by atoms with Crippen molar-refractivity contribution in [1.82, 2.24) is 5.32 Å². The predicted octanol–water partition coefficient (Wildman–Crippen LogP) is 3.68. The summed E-state index contributed by atoms with van der Waals surface area (Å²) in [7, 11) is 0. The zero-order valence-corrected chi connectivity index (χ0v) is 11.4. The lowest BCUT2D eigenvalue weighted by molar-refractivity contribution is 0.138. The van der Waals surface area contributed by atoms with E-state index in [2.05, 4.69) is 31.0 Å². The maximum Gasteiger partial charge on any atom is 0.134 e. The van der Waals surface area contributed by atoms with Gasteiger partial charge in [0.2, 0.25) is 0 Å². The first-order valence-electron chi connectivity index (χ1n) is 6.72. The molecule has 0 fully saturated rings. The van der Waals surface area contributed by atoms with Gasteiger partial charge in [-0.3, -0.25) is 0 Å². The van der Waals surface area contributed by atoms with Crippen LogP contribution in [0.25, 0.3) is 11.0 Å². The average molecular weight is 259 g/mol. The number of benzene rings is 1. The van der Waals surface area contributed by atoms with E-state index in [-0.39, 0.29) is 6.04 Å². The summed E-state index contributed by atoms with van der Waals surface area (Å²) in [5.41, 5.74) is 0.938. The molecule has 1 aromatic carbocycles. The van der Waals surface area contributed by atoms with Crippen molar-refractivity contribution in [3.05, 3.63) is 48.7 Å². The molecule has 3 nitrogen and oxygen atoms in total. The van der Waals surface area contributed by atoms with Gasteiger partial charge in [-0.15, -0.1) is 6.58 Å². The second kappa shape index (κ2) is 7.12. The van der Waals surface area contributed by atoms with Gasteiger partial charge in [0.25, 0.3) is 0 Å². The molecule has 3 heteroatoms. The number of rotatable bonds is 8. The van der Waals surface area contributed by atoms with Crippen LogP contribution in [0.15, 0.2) is 47.4 Å². The van der Waals surface area contributed by atoms with E-state index in [9.17, 15) is 0 Å². The van der Waals surface area contributed by atoms with E-state index < -0.39 is 0 Å². The van der Waals surface area contributed by atoms with Crippen molar-refractivity contribution in [3.63, 3.8) is 0 Å². The second-order valence-electron chi connectivity index (χ2n) is 4.55. The Labute approximate surface area is 114 Å². The van der Waals surface area contributed by atoms with Crippen LogP contribution in [0.1, 0.15) is 25.1 Å². The number of para-hydroxylation sites is 1. The highest BCUT2D eigenvalue weighted by atomic mass is 16.5. The molecule has 0 radical (unpaired) electrons. The zero-order chi connectivity index (χ0) is 13.5. The molecule has 2 rings (SSSR count). The monoisotopic (exact) mass is 259 g/mol. The van der Waals surface area contributed by atoms with Crippen LogP contribution in [-0.4, -0.2) is 19.8 Å². The molecule has 2 aromatic rings. The van der Waals surface area contributed by atoms with Crippen LogP contribution in [-0.2, 0) is 4.74 Å². The van der Waals surface area contributed by atoms with Crippen LogP contribution in [0.4, 0.5) is 0 Å². The van der Waals surface area contributed by atoms with E-state index >= 15 is 0 Å². The minimum absolute atomic E-state index is 0.190. The topological polar surface area (TPSA) is 34.4 Å². The fourth-order valence-corrected chi connectivity index (χ4v) is 1.93. The highest BCUT2D eigenvalue weighted by Crippen LogP contribution is 2.23. The summed E-state index contributed by atoms with van der Waals surface area (Å²) in [5, 5.41) is 4.54. The molecular formula is C16H21NO2. The standard InChI is InChI=1S/C16H21NO2/c1-3-4-10-18-11-9-17-13(2)16-12-14-7-5-6-8-15(14)19-16/h3,5-8,12-13,17H,1,4,9-11H2,2H3. The van der Waals surface area contributed by atoms with E-state index in [4.69, 9.17) is 9.15 Å².